The van der Waals surface area contributed by atoms with Crippen molar-refractivity contribution in [2.45, 2.75) is 32.7 Å². The number of unbranched alkanes of at least 4 members (excludes halogenated alkanes) is 1. The van der Waals surface area contributed by atoms with Gasteiger partial charge in [-0.25, -0.2) is 0 Å². The summed E-state index contributed by atoms with van der Waals surface area (Å²) in [6, 6.07) is 6.01. The van der Waals surface area contributed by atoms with Gasteiger partial charge in [0.15, 0.2) is 0 Å². The van der Waals surface area contributed by atoms with E-state index in [1.54, 1.807) is 0 Å². The van der Waals surface area contributed by atoms with Crippen LogP contribution < -0.4 is 0 Å². The van der Waals surface area contributed by atoms with Gasteiger partial charge in [-0.2, -0.15) is 0 Å². The third-order valence-corrected chi connectivity index (χ3v) is 2.56. The van der Waals surface area contributed by atoms with Gasteiger partial charge in [0.1, 0.15) is 0 Å². The van der Waals surface area contributed by atoms with Gasteiger partial charge in [0.2, 0.25) is 0 Å². The van der Waals surface area contributed by atoms with E-state index < -0.39 is 5.97 Å². The van der Waals surface area contributed by atoms with Gasteiger partial charge in [-0.1, -0.05) is 6.07 Å². The molecule has 1 aromatic heterocycles. The fourth-order valence-corrected chi connectivity index (χ4v) is 1.70. The summed E-state index contributed by atoms with van der Waals surface area (Å²) in [6.45, 7) is 3.70. The Kier molecular flexibility index (Phi) is 5.63. The minimum absolute atomic E-state index is 0.260. The van der Waals surface area contributed by atoms with E-state index in [-0.39, 0.29) is 6.42 Å². The molecule has 1 rings (SSSR count). The summed E-state index contributed by atoms with van der Waals surface area (Å²) in [5.74, 6) is -0.715. The number of aryl methyl sites for hydroxylation is 1. The first-order valence-electron chi connectivity index (χ1n) is 5.91. The van der Waals surface area contributed by atoms with E-state index in [9.17, 15) is 4.79 Å². The van der Waals surface area contributed by atoms with E-state index in [1.807, 2.05) is 32.2 Å². The van der Waals surface area contributed by atoms with E-state index in [2.05, 4.69) is 9.88 Å². The lowest BCUT2D eigenvalue weighted by molar-refractivity contribution is -0.137. The Morgan fingerprint density at radius 3 is 2.82 bits per heavy atom. The molecule has 4 nitrogen and oxygen atoms in total. The molecular formula is C13H20N2O2. The monoisotopic (exact) mass is 236 g/mol. The maximum atomic E-state index is 10.3. The fraction of sp³-hybridized carbons (Fsp3) is 0.538. The van der Waals surface area contributed by atoms with Crippen molar-refractivity contribution < 1.29 is 9.90 Å². The highest BCUT2D eigenvalue weighted by atomic mass is 16.4. The summed E-state index contributed by atoms with van der Waals surface area (Å²) in [6.07, 6.45) is 1.91. The van der Waals surface area contributed by atoms with Crippen LogP contribution in [0.15, 0.2) is 18.2 Å². The summed E-state index contributed by atoms with van der Waals surface area (Å²) in [5, 5.41) is 8.52. The second-order valence-electron chi connectivity index (χ2n) is 4.36. The molecule has 0 saturated heterocycles. The van der Waals surface area contributed by atoms with Crippen LogP contribution in [0.1, 0.15) is 30.7 Å². The minimum Gasteiger partial charge on any atom is -0.481 e. The summed E-state index contributed by atoms with van der Waals surface area (Å²) in [7, 11) is 2.03. The third kappa shape index (κ3) is 6.02. The molecule has 1 heterocycles. The number of aliphatic carboxylic acids is 1. The number of hydrogen-bond donors (Lipinski definition) is 1. The van der Waals surface area contributed by atoms with Gasteiger partial charge in [0.05, 0.1) is 5.69 Å². The van der Waals surface area contributed by atoms with Gasteiger partial charge in [-0.15, -0.1) is 0 Å². The van der Waals surface area contributed by atoms with Crippen LogP contribution >= 0.6 is 0 Å². The highest BCUT2D eigenvalue weighted by Crippen LogP contribution is 2.04. The maximum Gasteiger partial charge on any atom is 0.303 e. The highest BCUT2D eigenvalue weighted by Gasteiger charge is 2.02. The van der Waals surface area contributed by atoms with Crippen molar-refractivity contribution >= 4 is 5.97 Å². The van der Waals surface area contributed by atoms with Crippen LogP contribution in [-0.4, -0.2) is 34.6 Å². The molecule has 17 heavy (non-hydrogen) atoms. The molecule has 0 saturated carbocycles. The molecule has 1 N–H and O–H groups in total. The Labute approximate surface area is 102 Å². The smallest absolute Gasteiger partial charge is 0.303 e. The van der Waals surface area contributed by atoms with E-state index in [1.165, 1.54) is 0 Å². The lowest BCUT2D eigenvalue weighted by Gasteiger charge is -2.15. The lowest BCUT2D eigenvalue weighted by Crippen LogP contribution is -2.20. The van der Waals surface area contributed by atoms with Crippen LogP contribution in [0.4, 0.5) is 0 Å². The van der Waals surface area contributed by atoms with Gasteiger partial charge >= 0.3 is 5.97 Å². The van der Waals surface area contributed by atoms with Crippen LogP contribution in [0.2, 0.25) is 0 Å². The molecule has 0 bridgehead atoms. The number of rotatable bonds is 7. The lowest BCUT2D eigenvalue weighted by atomic mass is 10.2. The molecule has 0 amide bonds. The molecule has 0 aliphatic rings. The standard InChI is InChI=1S/C13H20N2O2/c1-11-6-5-7-12(14-11)10-15(2)9-4-3-8-13(16)17/h5-7H,3-4,8-10H2,1-2H3,(H,16,17). The minimum atomic E-state index is -0.715. The number of carbonyl (C=O) groups is 1. The molecule has 4 heteroatoms. The number of aromatic nitrogens is 1. The molecule has 0 atom stereocenters. The predicted octanol–water partition coefficient (Wildman–Crippen LogP) is 2.08. The zero-order valence-electron chi connectivity index (χ0n) is 10.5. The van der Waals surface area contributed by atoms with Crippen molar-refractivity contribution in [3.8, 4) is 0 Å². The predicted molar refractivity (Wildman–Crippen MR) is 66.8 cm³/mol. The number of carboxylic acids is 1. The Morgan fingerprint density at radius 2 is 2.18 bits per heavy atom. The molecule has 0 aliphatic heterocycles. The molecule has 0 aromatic carbocycles. The van der Waals surface area contributed by atoms with Crippen LogP contribution in [0.3, 0.4) is 0 Å². The average molecular weight is 236 g/mol. The van der Waals surface area contributed by atoms with Crippen molar-refractivity contribution in [1.29, 1.82) is 0 Å². The summed E-state index contributed by atoms with van der Waals surface area (Å²) < 4.78 is 0. The number of nitrogens with zero attached hydrogens (tertiary/aromatic N) is 2. The molecular weight excluding hydrogens is 216 g/mol. The Morgan fingerprint density at radius 1 is 1.41 bits per heavy atom. The van der Waals surface area contributed by atoms with E-state index in [0.717, 1.165) is 37.3 Å². The topological polar surface area (TPSA) is 53.4 Å². The zero-order valence-corrected chi connectivity index (χ0v) is 10.5. The highest BCUT2D eigenvalue weighted by molar-refractivity contribution is 5.66. The SMILES string of the molecule is Cc1cccc(CN(C)CCCCC(=O)O)n1. The Bertz CT molecular complexity index is 366. The van der Waals surface area contributed by atoms with E-state index in [4.69, 9.17) is 5.11 Å². The Balaban J connectivity index is 2.25. The second kappa shape index (κ2) is 7.01. The molecule has 0 spiro atoms. The summed E-state index contributed by atoms with van der Waals surface area (Å²) >= 11 is 0. The normalized spacial score (nSPS) is 10.8. The first kappa shape index (κ1) is 13.6. The van der Waals surface area contributed by atoms with Crippen LogP contribution in [0.5, 0.6) is 0 Å². The van der Waals surface area contributed by atoms with Crippen molar-refractivity contribution in [3.63, 3.8) is 0 Å². The molecule has 94 valence electrons. The fourth-order valence-electron chi connectivity index (χ4n) is 1.70. The molecule has 0 radical (unpaired) electrons. The van der Waals surface area contributed by atoms with Gasteiger partial charge in [0.25, 0.3) is 0 Å². The number of carboxylic acid groups (broad SMARTS) is 1. The van der Waals surface area contributed by atoms with Crippen molar-refractivity contribution in [1.82, 2.24) is 9.88 Å². The maximum absolute atomic E-state index is 10.3. The third-order valence-electron chi connectivity index (χ3n) is 2.56. The number of hydrogen-bond acceptors (Lipinski definition) is 3. The largest absolute Gasteiger partial charge is 0.481 e. The molecule has 1 aromatic rings. The first-order chi connectivity index (χ1) is 8.08. The quantitative estimate of drug-likeness (QED) is 0.736. The van der Waals surface area contributed by atoms with Gasteiger partial charge in [-0.05, 0) is 45.5 Å². The zero-order chi connectivity index (χ0) is 12.7. The van der Waals surface area contributed by atoms with Gasteiger partial charge in [-0.3, -0.25) is 9.78 Å². The number of pyridine rings is 1. The summed E-state index contributed by atoms with van der Waals surface area (Å²) in [4.78, 5) is 17.0. The van der Waals surface area contributed by atoms with Crippen LogP contribution in [0, 0.1) is 6.92 Å². The molecule has 0 aliphatic carbocycles. The van der Waals surface area contributed by atoms with Crippen molar-refractivity contribution in [3.05, 3.63) is 29.6 Å². The Hall–Kier alpha value is -1.42. The van der Waals surface area contributed by atoms with Crippen molar-refractivity contribution in [2.24, 2.45) is 0 Å². The van der Waals surface area contributed by atoms with E-state index in [0.29, 0.717) is 0 Å². The second-order valence-corrected chi connectivity index (χ2v) is 4.36. The van der Waals surface area contributed by atoms with E-state index >= 15 is 0 Å². The van der Waals surface area contributed by atoms with Gasteiger partial charge in [0, 0.05) is 18.7 Å². The average Bonchev–Trinajstić information content (AvgIpc) is 2.24. The molecule has 0 fully saturated rings. The first-order valence-corrected chi connectivity index (χ1v) is 5.91. The van der Waals surface area contributed by atoms with Crippen molar-refractivity contribution in [2.75, 3.05) is 13.6 Å². The van der Waals surface area contributed by atoms with Crippen LogP contribution in [-0.2, 0) is 11.3 Å². The molecule has 0 unspecified atom stereocenters. The van der Waals surface area contributed by atoms with Crippen LogP contribution in [0.25, 0.3) is 0 Å². The van der Waals surface area contributed by atoms with Gasteiger partial charge < -0.3 is 10.0 Å². The summed E-state index contributed by atoms with van der Waals surface area (Å²) in [5.41, 5.74) is 2.09.